The number of carbonyl (C=O) groups is 1. The molecular formula is C14H17NO2. The monoisotopic (exact) mass is 231 g/mol. The molecule has 0 aromatic heterocycles. The van der Waals surface area contributed by atoms with Crippen LogP contribution in [0.25, 0.3) is 0 Å². The average Bonchev–Trinajstić information content (AvgIpc) is 2.31. The van der Waals surface area contributed by atoms with Gasteiger partial charge in [0.05, 0.1) is 12.7 Å². The summed E-state index contributed by atoms with van der Waals surface area (Å²) in [7, 11) is 0. The van der Waals surface area contributed by atoms with Crippen molar-refractivity contribution in [1.29, 1.82) is 5.26 Å². The maximum Gasteiger partial charge on any atom is 0.327 e. The molecule has 17 heavy (non-hydrogen) atoms. The first-order valence-corrected chi connectivity index (χ1v) is 5.76. The fourth-order valence-corrected chi connectivity index (χ4v) is 1.56. The molecule has 0 bridgehead atoms. The summed E-state index contributed by atoms with van der Waals surface area (Å²) in [4.78, 5) is 11.5. The third kappa shape index (κ3) is 3.32. The first kappa shape index (κ1) is 13.2. The quantitative estimate of drug-likeness (QED) is 0.748. The van der Waals surface area contributed by atoms with Crippen molar-refractivity contribution in [2.75, 3.05) is 6.61 Å². The Morgan fingerprint density at radius 2 is 1.82 bits per heavy atom. The van der Waals surface area contributed by atoms with Crippen LogP contribution in [0.1, 0.15) is 43.7 Å². The number of hydrogen-bond acceptors (Lipinski definition) is 3. The highest BCUT2D eigenvalue weighted by molar-refractivity contribution is 5.81. The maximum atomic E-state index is 11.5. The van der Waals surface area contributed by atoms with Crippen molar-refractivity contribution in [2.45, 2.75) is 32.6 Å². The highest BCUT2D eigenvalue weighted by Gasteiger charge is 2.21. The van der Waals surface area contributed by atoms with Gasteiger partial charge in [0.2, 0.25) is 0 Å². The first-order valence-electron chi connectivity index (χ1n) is 5.76. The van der Waals surface area contributed by atoms with Crippen LogP contribution in [-0.4, -0.2) is 12.6 Å². The van der Waals surface area contributed by atoms with E-state index in [1.54, 1.807) is 6.92 Å². The van der Waals surface area contributed by atoms with Gasteiger partial charge in [0.1, 0.15) is 0 Å². The summed E-state index contributed by atoms with van der Waals surface area (Å²) in [6.07, 6.45) is 0. The molecule has 3 heteroatoms. The standard InChI is InChI=1S/C14H17NO2/c1-4-17-14(16)13(9-15)12-7-5-11(6-8-12)10(2)3/h5-8,10,13H,4H2,1-3H3/t13-/m1/s1. The van der Waals surface area contributed by atoms with Gasteiger partial charge in [-0.05, 0) is 24.0 Å². The second-order valence-electron chi connectivity index (χ2n) is 4.14. The van der Waals surface area contributed by atoms with E-state index in [2.05, 4.69) is 13.8 Å². The Kier molecular flexibility index (Phi) is 4.71. The van der Waals surface area contributed by atoms with Crippen molar-refractivity contribution >= 4 is 5.97 Å². The summed E-state index contributed by atoms with van der Waals surface area (Å²) in [5, 5.41) is 9.00. The molecule has 0 heterocycles. The van der Waals surface area contributed by atoms with E-state index in [0.717, 1.165) is 0 Å². The molecule has 0 radical (unpaired) electrons. The van der Waals surface area contributed by atoms with Gasteiger partial charge >= 0.3 is 5.97 Å². The van der Waals surface area contributed by atoms with Crippen LogP contribution in [0.3, 0.4) is 0 Å². The third-order valence-corrected chi connectivity index (χ3v) is 2.59. The van der Waals surface area contributed by atoms with Crippen LogP contribution < -0.4 is 0 Å². The molecule has 0 unspecified atom stereocenters. The van der Waals surface area contributed by atoms with Gasteiger partial charge in [-0.1, -0.05) is 38.1 Å². The molecule has 3 nitrogen and oxygen atoms in total. The fourth-order valence-electron chi connectivity index (χ4n) is 1.56. The van der Waals surface area contributed by atoms with Gasteiger partial charge in [0.15, 0.2) is 5.92 Å². The minimum atomic E-state index is -0.823. The van der Waals surface area contributed by atoms with Gasteiger partial charge in [0, 0.05) is 0 Å². The highest BCUT2D eigenvalue weighted by atomic mass is 16.5. The molecule has 1 aromatic rings. The fraction of sp³-hybridized carbons (Fsp3) is 0.429. The van der Waals surface area contributed by atoms with Crippen LogP contribution in [-0.2, 0) is 9.53 Å². The number of esters is 1. The van der Waals surface area contributed by atoms with Gasteiger partial charge < -0.3 is 4.74 Å². The van der Waals surface area contributed by atoms with Crippen LogP contribution in [0.15, 0.2) is 24.3 Å². The molecule has 1 rings (SSSR count). The maximum absolute atomic E-state index is 11.5. The second-order valence-corrected chi connectivity index (χ2v) is 4.14. The van der Waals surface area contributed by atoms with Gasteiger partial charge in [0.25, 0.3) is 0 Å². The molecule has 0 saturated carbocycles. The number of benzene rings is 1. The van der Waals surface area contributed by atoms with E-state index in [1.807, 2.05) is 30.3 Å². The topological polar surface area (TPSA) is 50.1 Å². The summed E-state index contributed by atoms with van der Waals surface area (Å²) >= 11 is 0. The predicted octanol–water partition coefficient (Wildman–Crippen LogP) is 2.98. The summed E-state index contributed by atoms with van der Waals surface area (Å²) in [6, 6.07) is 9.51. The Morgan fingerprint density at radius 1 is 1.29 bits per heavy atom. The van der Waals surface area contributed by atoms with Crippen molar-refractivity contribution in [3.63, 3.8) is 0 Å². The van der Waals surface area contributed by atoms with Crippen molar-refractivity contribution in [1.82, 2.24) is 0 Å². The van der Waals surface area contributed by atoms with E-state index in [1.165, 1.54) is 5.56 Å². The summed E-state index contributed by atoms with van der Waals surface area (Å²) in [5.41, 5.74) is 1.88. The van der Waals surface area contributed by atoms with Gasteiger partial charge in [-0.3, -0.25) is 4.79 Å². The normalized spacial score (nSPS) is 11.9. The molecule has 0 saturated heterocycles. The van der Waals surface area contributed by atoms with Crippen LogP contribution >= 0.6 is 0 Å². The first-order chi connectivity index (χ1) is 8.10. The Labute approximate surface area is 102 Å². The van der Waals surface area contributed by atoms with E-state index in [9.17, 15) is 4.79 Å². The third-order valence-electron chi connectivity index (χ3n) is 2.59. The zero-order valence-electron chi connectivity index (χ0n) is 10.4. The molecular weight excluding hydrogens is 214 g/mol. The van der Waals surface area contributed by atoms with Crippen molar-refractivity contribution in [2.24, 2.45) is 0 Å². The molecule has 0 fully saturated rings. The molecule has 0 aliphatic rings. The van der Waals surface area contributed by atoms with Crippen molar-refractivity contribution in [3.8, 4) is 6.07 Å². The van der Waals surface area contributed by atoms with E-state index in [-0.39, 0.29) is 0 Å². The van der Waals surface area contributed by atoms with Gasteiger partial charge in [-0.15, -0.1) is 0 Å². The molecule has 0 aliphatic heterocycles. The summed E-state index contributed by atoms with van der Waals surface area (Å²) in [6.45, 7) is 6.22. The molecule has 90 valence electrons. The number of nitrogens with zero attached hydrogens (tertiary/aromatic N) is 1. The molecule has 0 aliphatic carbocycles. The van der Waals surface area contributed by atoms with Crippen LogP contribution in [0.5, 0.6) is 0 Å². The largest absolute Gasteiger partial charge is 0.465 e. The molecule has 1 aromatic carbocycles. The molecule has 0 amide bonds. The lowest BCUT2D eigenvalue weighted by Gasteiger charge is -2.10. The Morgan fingerprint density at radius 3 is 2.24 bits per heavy atom. The minimum absolute atomic E-state index is 0.293. The lowest BCUT2D eigenvalue weighted by Crippen LogP contribution is -2.14. The molecule has 1 atom stereocenters. The number of nitriles is 1. The van der Waals surface area contributed by atoms with E-state index < -0.39 is 11.9 Å². The van der Waals surface area contributed by atoms with Crippen LogP contribution in [0.2, 0.25) is 0 Å². The highest BCUT2D eigenvalue weighted by Crippen LogP contribution is 2.20. The predicted molar refractivity (Wildman–Crippen MR) is 65.5 cm³/mol. The number of carbonyl (C=O) groups excluding carboxylic acids is 1. The number of hydrogen-bond donors (Lipinski definition) is 0. The summed E-state index contributed by atoms with van der Waals surface area (Å²) < 4.78 is 4.87. The second kappa shape index (κ2) is 6.05. The van der Waals surface area contributed by atoms with E-state index >= 15 is 0 Å². The zero-order chi connectivity index (χ0) is 12.8. The Balaban J connectivity index is 2.91. The van der Waals surface area contributed by atoms with Gasteiger partial charge in [-0.2, -0.15) is 5.26 Å². The Bertz CT molecular complexity index is 415. The van der Waals surface area contributed by atoms with Crippen LogP contribution in [0.4, 0.5) is 0 Å². The van der Waals surface area contributed by atoms with Crippen molar-refractivity contribution < 1.29 is 9.53 Å². The average molecular weight is 231 g/mol. The zero-order valence-corrected chi connectivity index (χ0v) is 10.4. The van der Waals surface area contributed by atoms with Crippen LogP contribution in [0, 0.1) is 11.3 Å². The van der Waals surface area contributed by atoms with E-state index in [0.29, 0.717) is 18.1 Å². The minimum Gasteiger partial charge on any atom is -0.465 e. The number of ether oxygens (including phenoxy) is 1. The van der Waals surface area contributed by atoms with Crippen molar-refractivity contribution in [3.05, 3.63) is 35.4 Å². The molecule has 0 spiro atoms. The molecule has 0 N–H and O–H groups in total. The lowest BCUT2D eigenvalue weighted by atomic mass is 9.96. The van der Waals surface area contributed by atoms with Gasteiger partial charge in [-0.25, -0.2) is 0 Å². The Hall–Kier alpha value is -1.82. The number of rotatable bonds is 4. The summed E-state index contributed by atoms with van der Waals surface area (Å²) in [5.74, 6) is -0.865. The smallest absolute Gasteiger partial charge is 0.327 e. The lowest BCUT2D eigenvalue weighted by molar-refractivity contribution is -0.143. The van der Waals surface area contributed by atoms with E-state index in [4.69, 9.17) is 10.00 Å². The SMILES string of the molecule is CCOC(=O)[C@H](C#N)c1ccc(C(C)C)cc1.